The molecule has 3 aromatic rings. The molecule has 1 saturated heterocycles. The molecule has 3 aromatic carbocycles. The number of fused-ring (bicyclic) bond motifs is 1. The summed E-state index contributed by atoms with van der Waals surface area (Å²) in [4.78, 5) is 26.8. The lowest BCUT2D eigenvalue weighted by atomic mass is 10.0. The molecule has 0 unspecified atom stereocenters. The van der Waals surface area contributed by atoms with Crippen LogP contribution in [-0.2, 0) is 11.2 Å². The van der Waals surface area contributed by atoms with Crippen LogP contribution < -0.4 is 10.6 Å². The second-order valence-corrected chi connectivity index (χ2v) is 7.44. The first-order valence-corrected chi connectivity index (χ1v) is 10.1. The largest absolute Gasteiger partial charge is 0.353 e. The Hall–Kier alpha value is -3.34. The molecule has 5 nitrogen and oxygen atoms in total. The smallest absolute Gasteiger partial charge is 0.321 e. The van der Waals surface area contributed by atoms with Gasteiger partial charge in [-0.25, -0.2) is 4.79 Å². The van der Waals surface area contributed by atoms with Crippen LogP contribution in [0.15, 0.2) is 72.8 Å². The van der Waals surface area contributed by atoms with E-state index in [1.54, 1.807) is 4.90 Å². The lowest BCUT2D eigenvalue weighted by Gasteiger charge is -2.32. The third kappa shape index (κ3) is 4.74. The molecule has 1 aliphatic rings. The van der Waals surface area contributed by atoms with Crippen LogP contribution in [0.25, 0.3) is 10.8 Å². The van der Waals surface area contributed by atoms with Crippen molar-refractivity contribution in [3.63, 3.8) is 0 Å². The molecule has 0 aliphatic carbocycles. The number of hydrogen-bond donors (Lipinski definition) is 2. The highest BCUT2D eigenvalue weighted by molar-refractivity contribution is 5.90. The van der Waals surface area contributed by atoms with Crippen LogP contribution in [0.4, 0.5) is 10.5 Å². The van der Waals surface area contributed by atoms with E-state index in [4.69, 9.17) is 0 Å². The van der Waals surface area contributed by atoms with Crippen molar-refractivity contribution >= 4 is 28.4 Å². The number of urea groups is 1. The van der Waals surface area contributed by atoms with Gasteiger partial charge in [-0.3, -0.25) is 4.79 Å². The van der Waals surface area contributed by atoms with Gasteiger partial charge in [0.05, 0.1) is 6.42 Å². The maximum Gasteiger partial charge on any atom is 0.321 e. The van der Waals surface area contributed by atoms with E-state index < -0.39 is 0 Å². The van der Waals surface area contributed by atoms with Crippen LogP contribution >= 0.6 is 0 Å². The quantitative estimate of drug-likeness (QED) is 0.705. The summed E-state index contributed by atoms with van der Waals surface area (Å²) in [6.07, 6.45) is 1.91. The van der Waals surface area contributed by atoms with Gasteiger partial charge in [0, 0.05) is 24.8 Å². The number of para-hydroxylation sites is 1. The molecule has 3 amide bonds. The highest BCUT2D eigenvalue weighted by Gasteiger charge is 2.24. The van der Waals surface area contributed by atoms with Gasteiger partial charge in [0.25, 0.3) is 0 Å². The summed E-state index contributed by atoms with van der Waals surface area (Å²) in [5.41, 5.74) is 1.84. The monoisotopic (exact) mass is 387 g/mol. The number of benzene rings is 3. The Labute approximate surface area is 170 Å². The molecule has 5 heteroatoms. The van der Waals surface area contributed by atoms with Crippen molar-refractivity contribution in [2.24, 2.45) is 0 Å². The first-order valence-electron chi connectivity index (χ1n) is 10.1. The molecule has 0 bridgehead atoms. The fraction of sp³-hybridized carbons (Fsp3) is 0.250. The van der Waals surface area contributed by atoms with Crippen molar-refractivity contribution in [3.05, 3.63) is 78.4 Å². The maximum absolute atomic E-state index is 12.6. The Morgan fingerprint density at radius 3 is 2.34 bits per heavy atom. The Kier molecular flexibility index (Phi) is 5.75. The zero-order valence-electron chi connectivity index (χ0n) is 16.3. The molecule has 29 heavy (non-hydrogen) atoms. The molecular formula is C24H25N3O2. The molecular weight excluding hydrogens is 362 g/mol. The second kappa shape index (κ2) is 8.78. The minimum atomic E-state index is -0.0864. The number of rotatable bonds is 4. The molecule has 1 heterocycles. The first-order chi connectivity index (χ1) is 14.2. The van der Waals surface area contributed by atoms with Crippen molar-refractivity contribution in [1.82, 2.24) is 10.2 Å². The van der Waals surface area contributed by atoms with Gasteiger partial charge in [-0.2, -0.15) is 0 Å². The lowest BCUT2D eigenvalue weighted by molar-refractivity contribution is -0.121. The van der Waals surface area contributed by atoms with E-state index in [0.717, 1.165) is 34.9 Å². The SMILES string of the molecule is O=C(Cc1cccc2ccccc12)NC1CCN(C(=O)Nc2ccccc2)CC1. The first kappa shape index (κ1) is 19.0. The highest BCUT2D eigenvalue weighted by atomic mass is 16.2. The summed E-state index contributed by atoms with van der Waals surface area (Å²) in [5, 5.41) is 8.33. The zero-order valence-corrected chi connectivity index (χ0v) is 16.3. The van der Waals surface area contributed by atoms with Crippen molar-refractivity contribution in [2.45, 2.75) is 25.3 Å². The number of carbonyl (C=O) groups is 2. The zero-order chi connectivity index (χ0) is 20.1. The van der Waals surface area contributed by atoms with Crippen molar-refractivity contribution in [2.75, 3.05) is 18.4 Å². The van der Waals surface area contributed by atoms with E-state index >= 15 is 0 Å². The number of hydrogen-bond acceptors (Lipinski definition) is 2. The minimum absolute atomic E-state index is 0.0357. The van der Waals surface area contributed by atoms with Gasteiger partial charge >= 0.3 is 6.03 Å². The summed E-state index contributed by atoms with van der Waals surface area (Å²) in [5.74, 6) is 0.0357. The molecule has 148 valence electrons. The van der Waals surface area contributed by atoms with E-state index in [2.05, 4.69) is 28.8 Å². The van der Waals surface area contributed by atoms with Gasteiger partial charge in [-0.15, -0.1) is 0 Å². The predicted octanol–water partition coefficient (Wildman–Crippen LogP) is 4.20. The summed E-state index contributed by atoms with van der Waals surface area (Å²) in [6.45, 7) is 1.27. The second-order valence-electron chi connectivity index (χ2n) is 7.44. The molecule has 0 spiro atoms. The average molecular weight is 387 g/mol. The molecule has 2 N–H and O–H groups in total. The number of nitrogens with one attached hydrogen (secondary N) is 2. The lowest BCUT2D eigenvalue weighted by Crippen LogP contribution is -2.48. The van der Waals surface area contributed by atoms with Gasteiger partial charge < -0.3 is 15.5 Å². The summed E-state index contributed by atoms with van der Waals surface area (Å²) in [7, 11) is 0. The number of anilines is 1. The van der Waals surface area contributed by atoms with Crippen molar-refractivity contribution in [3.8, 4) is 0 Å². The Morgan fingerprint density at radius 2 is 1.55 bits per heavy atom. The van der Waals surface area contributed by atoms with Gasteiger partial charge in [-0.1, -0.05) is 60.7 Å². The third-order valence-electron chi connectivity index (χ3n) is 5.40. The fourth-order valence-corrected chi connectivity index (χ4v) is 3.85. The molecule has 0 saturated carbocycles. The topological polar surface area (TPSA) is 61.4 Å². The van der Waals surface area contributed by atoms with E-state index in [-0.39, 0.29) is 18.0 Å². The van der Waals surface area contributed by atoms with Gasteiger partial charge in [-0.05, 0) is 41.3 Å². The van der Waals surface area contributed by atoms with E-state index in [1.165, 1.54) is 0 Å². The van der Waals surface area contributed by atoms with Crippen LogP contribution in [-0.4, -0.2) is 36.0 Å². The van der Waals surface area contributed by atoms with E-state index in [1.807, 2.05) is 54.6 Å². The van der Waals surface area contributed by atoms with Crippen LogP contribution in [0.5, 0.6) is 0 Å². The number of nitrogens with zero attached hydrogens (tertiary/aromatic N) is 1. The van der Waals surface area contributed by atoms with Gasteiger partial charge in [0.2, 0.25) is 5.91 Å². The minimum Gasteiger partial charge on any atom is -0.353 e. The number of likely N-dealkylation sites (tertiary alicyclic amines) is 1. The molecule has 4 rings (SSSR count). The number of piperidine rings is 1. The number of carbonyl (C=O) groups excluding carboxylic acids is 2. The summed E-state index contributed by atoms with van der Waals surface area (Å²) >= 11 is 0. The van der Waals surface area contributed by atoms with E-state index in [0.29, 0.717) is 19.5 Å². The van der Waals surface area contributed by atoms with Gasteiger partial charge in [0.1, 0.15) is 0 Å². The predicted molar refractivity (Wildman–Crippen MR) is 116 cm³/mol. The summed E-state index contributed by atoms with van der Waals surface area (Å²) < 4.78 is 0. The van der Waals surface area contributed by atoms with Crippen LogP contribution in [0, 0.1) is 0 Å². The highest BCUT2D eigenvalue weighted by Crippen LogP contribution is 2.19. The third-order valence-corrected chi connectivity index (χ3v) is 5.40. The Balaban J connectivity index is 1.28. The Bertz CT molecular complexity index is 990. The van der Waals surface area contributed by atoms with Gasteiger partial charge in [0.15, 0.2) is 0 Å². The average Bonchev–Trinajstić information content (AvgIpc) is 2.75. The summed E-state index contributed by atoms with van der Waals surface area (Å²) in [6, 6.07) is 23.7. The molecule has 0 aromatic heterocycles. The molecule has 0 atom stereocenters. The van der Waals surface area contributed by atoms with Crippen molar-refractivity contribution < 1.29 is 9.59 Å². The standard InChI is InChI=1S/C24H25N3O2/c28-23(17-19-9-6-8-18-7-4-5-12-22(18)19)25-21-13-15-27(16-14-21)24(29)26-20-10-2-1-3-11-20/h1-12,21H,13-17H2,(H,25,28)(H,26,29). The number of amides is 3. The van der Waals surface area contributed by atoms with Crippen LogP contribution in [0.2, 0.25) is 0 Å². The maximum atomic E-state index is 12.6. The molecule has 0 radical (unpaired) electrons. The molecule has 1 fully saturated rings. The fourth-order valence-electron chi connectivity index (χ4n) is 3.85. The van der Waals surface area contributed by atoms with Crippen LogP contribution in [0.1, 0.15) is 18.4 Å². The van der Waals surface area contributed by atoms with Crippen LogP contribution in [0.3, 0.4) is 0 Å². The van der Waals surface area contributed by atoms with E-state index in [9.17, 15) is 9.59 Å². The normalized spacial score (nSPS) is 14.6. The Morgan fingerprint density at radius 1 is 0.862 bits per heavy atom. The van der Waals surface area contributed by atoms with Crippen molar-refractivity contribution in [1.29, 1.82) is 0 Å². The molecule has 1 aliphatic heterocycles.